The van der Waals surface area contributed by atoms with Crippen molar-refractivity contribution < 1.29 is 14.4 Å². The summed E-state index contributed by atoms with van der Waals surface area (Å²) in [5.74, 6) is 0.302. The van der Waals surface area contributed by atoms with Crippen molar-refractivity contribution >= 4 is 34.7 Å². The Balaban J connectivity index is 1.10. The van der Waals surface area contributed by atoms with Crippen LogP contribution in [0.15, 0.2) is 108 Å². The van der Waals surface area contributed by atoms with E-state index in [0.29, 0.717) is 68.0 Å². The number of nitrogens with one attached hydrogen (secondary N) is 2. The second kappa shape index (κ2) is 13.9. The molecule has 226 valence electrons. The molecule has 3 heterocycles. The van der Waals surface area contributed by atoms with E-state index in [4.69, 9.17) is 10.6 Å². The zero-order valence-corrected chi connectivity index (χ0v) is 25.0. The molecule has 4 N–H and O–H groups in total. The summed E-state index contributed by atoms with van der Waals surface area (Å²) >= 11 is 0. The molecule has 2 amide bonds. The molecule has 1 saturated heterocycles. The summed E-state index contributed by atoms with van der Waals surface area (Å²) < 4.78 is 0. The number of hydrogen-bond acceptors (Lipinski definition) is 7. The number of piperidine rings is 1. The Kier molecular flexibility index (Phi) is 9.54. The molecular weight excluding hydrogens is 552 g/mol. The molecule has 0 aliphatic carbocycles. The van der Waals surface area contributed by atoms with Gasteiger partial charge in [0.05, 0.1) is 16.9 Å². The number of pyridine rings is 1. The number of hydrogen-bond donors (Lipinski definition) is 3. The van der Waals surface area contributed by atoms with Gasteiger partial charge in [-0.15, -0.1) is 0 Å². The van der Waals surface area contributed by atoms with E-state index in [1.165, 1.54) is 0 Å². The van der Waals surface area contributed by atoms with E-state index in [1.54, 1.807) is 18.3 Å². The van der Waals surface area contributed by atoms with Gasteiger partial charge in [-0.25, -0.2) is 4.98 Å². The molecule has 1 fully saturated rings. The van der Waals surface area contributed by atoms with Gasteiger partial charge in [-0.3, -0.25) is 9.59 Å². The fraction of sp³-hybridized carbons (Fsp3) is 0.257. The van der Waals surface area contributed by atoms with Crippen LogP contribution in [0.4, 0.5) is 17.2 Å². The number of rotatable bonds is 10. The highest BCUT2D eigenvalue weighted by atomic mass is 16.7. The first kappa shape index (κ1) is 30.3. The Hall–Kier alpha value is -5.18. The number of nitrogens with zero attached hydrogens (tertiary/aromatic N) is 3. The normalized spacial score (nSPS) is 15.8. The van der Waals surface area contributed by atoms with Crippen molar-refractivity contribution in [1.29, 1.82) is 0 Å². The van der Waals surface area contributed by atoms with Gasteiger partial charge in [0.1, 0.15) is 17.1 Å². The van der Waals surface area contributed by atoms with Crippen LogP contribution in [0.25, 0.3) is 11.1 Å². The van der Waals surface area contributed by atoms with Crippen LogP contribution >= 0.6 is 0 Å². The molecule has 9 nitrogen and oxygen atoms in total. The highest BCUT2D eigenvalue weighted by molar-refractivity contribution is 6.39. The van der Waals surface area contributed by atoms with Crippen molar-refractivity contribution in [2.45, 2.75) is 38.2 Å². The lowest BCUT2D eigenvalue weighted by atomic mass is 9.86. The van der Waals surface area contributed by atoms with E-state index in [9.17, 15) is 9.59 Å². The number of oxime groups is 1. The van der Waals surface area contributed by atoms with Gasteiger partial charge in [0, 0.05) is 45.1 Å². The smallest absolute Gasteiger partial charge is 0.269 e. The van der Waals surface area contributed by atoms with E-state index >= 15 is 0 Å². The van der Waals surface area contributed by atoms with Gasteiger partial charge < -0.3 is 26.1 Å². The molecule has 5 rings (SSSR count). The van der Waals surface area contributed by atoms with Crippen molar-refractivity contribution in [2.75, 3.05) is 35.6 Å². The van der Waals surface area contributed by atoms with Crippen molar-refractivity contribution in [3.05, 3.63) is 109 Å². The maximum atomic E-state index is 13.0. The Morgan fingerprint density at radius 1 is 1.05 bits per heavy atom. The number of aromatic nitrogens is 1. The third kappa shape index (κ3) is 7.42. The van der Waals surface area contributed by atoms with Crippen LogP contribution in [0.3, 0.4) is 0 Å². The molecule has 2 aliphatic rings. The zero-order valence-electron chi connectivity index (χ0n) is 25.0. The number of nitrogens with two attached hydrogens (primary N) is 1. The lowest BCUT2D eigenvalue weighted by Gasteiger charge is -2.37. The average molecular weight is 591 g/mol. The number of benzene rings is 2. The molecule has 1 spiro atoms. The van der Waals surface area contributed by atoms with Gasteiger partial charge in [-0.05, 0) is 48.7 Å². The Morgan fingerprint density at radius 2 is 1.84 bits per heavy atom. The minimum Gasteiger partial charge on any atom is -0.397 e. The van der Waals surface area contributed by atoms with Gasteiger partial charge in [-0.2, -0.15) is 0 Å². The molecule has 9 heteroatoms. The second-order valence-electron chi connectivity index (χ2n) is 11.1. The number of allylic oxidation sites excluding steroid dienone is 4. The average Bonchev–Trinajstić information content (AvgIpc) is 3.46. The van der Waals surface area contributed by atoms with Crippen molar-refractivity contribution in [2.24, 2.45) is 5.16 Å². The standard InChI is InChI=1S/C35H38N6O3/c1-3-4-6-9-25(2)16-19-37-34(43)31-23-35(44-40-31)17-20-41(21-18-35)32-15-13-28(24-38-32)33(42)39-30-22-27(12-14-29(30)36)26-10-7-5-8-11-26/h3-15,22,24H,2,16-21,23,36H2,1H3,(H,37,43)(H,39,42)/b4-3-,9-6-. The topological polar surface area (TPSA) is 122 Å². The van der Waals surface area contributed by atoms with E-state index in [0.717, 1.165) is 22.5 Å². The molecule has 0 saturated carbocycles. The molecule has 0 atom stereocenters. The predicted molar refractivity (Wildman–Crippen MR) is 177 cm³/mol. The maximum Gasteiger partial charge on any atom is 0.269 e. The summed E-state index contributed by atoms with van der Waals surface area (Å²) in [7, 11) is 0. The SMILES string of the molecule is C=C(/C=C\C=C/C)CCNC(=O)C1=NOC2(CCN(c3ccc(C(=O)Nc4cc(-c5ccccc5)ccc4N)cn3)CC2)C1. The summed E-state index contributed by atoms with van der Waals surface area (Å²) in [6, 6.07) is 19.1. The van der Waals surface area contributed by atoms with Crippen LogP contribution in [0.1, 0.15) is 43.0 Å². The Labute approximate surface area is 258 Å². The maximum absolute atomic E-state index is 13.0. The number of nitrogen functional groups attached to an aromatic ring is 1. The van der Waals surface area contributed by atoms with Crippen molar-refractivity contribution in [1.82, 2.24) is 10.3 Å². The molecule has 2 aromatic carbocycles. The van der Waals surface area contributed by atoms with Crippen molar-refractivity contribution in [3.63, 3.8) is 0 Å². The molecule has 0 unspecified atom stereocenters. The van der Waals surface area contributed by atoms with Crippen LogP contribution < -0.4 is 21.3 Å². The first-order valence-corrected chi connectivity index (χ1v) is 14.8. The minimum atomic E-state index is -0.476. The molecule has 44 heavy (non-hydrogen) atoms. The highest BCUT2D eigenvalue weighted by Gasteiger charge is 2.44. The largest absolute Gasteiger partial charge is 0.397 e. The van der Waals surface area contributed by atoms with Gasteiger partial charge >= 0.3 is 0 Å². The molecule has 1 aromatic heterocycles. The fourth-order valence-electron chi connectivity index (χ4n) is 5.26. The quantitative estimate of drug-likeness (QED) is 0.200. The molecular formula is C35H38N6O3. The molecule has 0 bridgehead atoms. The predicted octanol–water partition coefficient (Wildman–Crippen LogP) is 5.89. The van der Waals surface area contributed by atoms with Crippen LogP contribution in [0, 0.1) is 0 Å². The summed E-state index contributed by atoms with van der Waals surface area (Å²) in [6.07, 6.45) is 11.9. The number of anilines is 3. The van der Waals surface area contributed by atoms with E-state index in [-0.39, 0.29) is 11.8 Å². The van der Waals surface area contributed by atoms with E-state index < -0.39 is 5.60 Å². The van der Waals surface area contributed by atoms with Crippen LogP contribution in [0.5, 0.6) is 0 Å². The van der Waals surface area contributed by atoms with Crippen molar-refractivity contribution in [3.8, 4) is 11.1 Å². The number of carbonyl (C=O) groups is 2. The highest BCUT2D eigenvalue weighted by Crippen LogP contribution is 2.36. The van der Waals surface area contributed by atoms with Gasteiger partial charge in [-0.1, -0.05) is 78.0 Å². The second-order valence-corrected chi connectivity index (χ2v) is 11.1. The molecule has 3 aromatic rings. The molecule has 0 radical (unpaired) electrons. The number of amides is 2. The van der Waals surface area contributed by atoms with E-state index in [1.807, 2.05) is 79.8 Å². The third-order valence-electron chi connectivity index (χ3n) is 7.89. The summed E-state index contributed by atoms with van der Waals surface area (Å²) in [6.45, 7) is 7.85. The Bertz CT molecular complexity index is 1590. The van der Waals surface area contributed by atoms with Crippen LogP contribution in [0.2, 0.25) is 0 Å². The molecule has 2 aliphatic heterocycles. The monoisotopic (exact) mass is 590 g/mol. The lowest BCUT2D eigenvalue weighted by molar-refractivity contribution is -0.114. The summed E-state index contributed by atoms with van der Waals surface area (Å²) in [5.41, 5.74) is 10.5. The minimum absolute atomic E-state index is 0.196. The zero-order chi connectivity index (χ0) is 30.9. The fourth-order valence-corrected chi connectivity index (χ4v) is 5.26. The van der Waals surface area contributed by atoms with E-state index in [2.05, 4.69) is 32.3 Å². The summed E-state index contributed by atoms with van der Waals surface area (Å²) in [4.78, 5) is 38.2. The lowest BCUT2D eigenvalue weighted by Crippen LogP contribution is -2.45. The first-order chi connectivity index (χ1) is 21.4. The van der Waals surface area contributed by atoms with Gasteiger partial charge in [0.15, 0.2) is 0 Å². The summed E-state index contributed by atoms with van der Waals surface area (Å²) in [5, 5.41) is 9.98. The van der Waals surface area contributed by atoms with Crippen LogP contribution in [-0.4, -0.2) is 47.7 Å². The Morgan fingerprint density at radius 3 is 2.57 bits per heavy atom. The van der Waals surface area contributed by atoms with Gasteiger partial charge in [0.2, 0.25) is 0 Å². The first-order valence-electron chi connectivity index (χ1n) is 14.8. The number of carbonyl (C=O) groups excluding carboxylic acids is 2. The van der Waals surface area contributed by atoms with Gasteiger partial charge in [0.25, 0.3) is 11.8 Å². The third-order valence-corrected chi connectivity index (χ3v) is 7.89. The van der Waals surface area contributed by atoms with Crippen LogP contribution in [-0.2, 0) is 9.63 Å².